The number of nitrogens with zero attached hydrogens (tertiary/aromatic N) is 2. The molecule has 2 aromatic carbocycles. The maximum atomic E-state index is 12.2. The lowest BCUT2D eigenvalue weighted by molar-refractivity contribution is -0.121. The van der Waals surface area contributed by atoms with Gasteiger partial charge in [-0.1, -0.05) is 12.1 Å². The van der Waals surface area contributed by atoms with Crippen LogP contribution in [0.4, 0.5) is 5.69 Å². The SMILES string of the molecule is COc1ccc(C(=O)CCCC(=O)NCCCN2CCN(c3cccc(C)c3)CC2)cc1. The van der Waals surface area contributed by atoms with Gasteiger partial charge >= 0.3 is 0 Å². The minimum atomic E-state index is 0.0248. The average molecular weight is 438 g/mol. The standard InChI is InChI=1S/C26H35N3O3/c1-21-6-3-7-23(20-21)29-18-16-28(17-19-29)15-5-14-27-26(31)9-4-8-25(30)22-10-12-24(32-2)13-11-22/h3,6-7,10-13,20H,4-5,8-9,14-19H2,1-2H3,(H,27,31). The summed E-state index contributed by atoms with van der Waals surface area (Å²) < 4.78 is 5.10. The highest BCUT2D eigenvalue weighted by Crippen LogP contribution is 2.18. The fraction of sp³-hybridized carbons (Fsp3) is 0.462. The number of methoxy groups -OCH3 is 1. The Morgan fingerprint density at radius 2 is 1.72 bits per heavy atom. The number of ketones is 1. The number of carbonyl (C=O) groups is 2. The number of Topliss-reactive ketones (excluding diaryl/α,β-unsaturated/α-hetero) is 1. The van der Waals surface area contributed by atoms with E-state index >= 15 is 0 Å². The highest BCUT2D eigenvalue weighted by Gasteiger charge is 2.17. The topological polar surface area (TPSA) is 61.9 Å². The molecule has 3 rings (SSSR count). The van der Waals surface area contributed by atoms with Gasteiger partial charge in [0.15, 0.2) is 5.78 Å². The average Bonchev–Trinajstić information content (AvgIpc) is 2.82. The van der Waals surface area contributed by atoms with Gasteiger partial charge < -0.3 is 15.0 Å². The Kier molecular flexibility index (Phi) is 9.11. The number of hydrogen-bond donors (Lipinski definition) is 1. The molecule has 1 saturated heterocycles. The van der Waals surface area contributed by atoms with Crippen molar-refractivity contribution in [2.45, 2.75) is 32.6 Å². The first-order valence-corrected chi connectivity index (χ1v) is 11.5. The van der Waals surface area contributed by atoms with Crippen LogP contribution >= 0.6 is 0 Å². The Morgan fingerprint density at radius 3 is 2.41 bits per heavy atom. The third-order valence-corrected chi connectivity index (χ3v) is 5.93. The minimum absolute atomic E-state index is 0.0248. The second kappa shape index (κ2) is 12.2. The summed E-state index contributed by atoms with van der Waals surface area (Å²) in [4.78, 5) is 29.2. The summed E-state index contributed by atoms with van der Waals surface area (Å²) >= 11 is 0. The fourth-order valence-corrected chi connectivity index (χ4v) is 4.00. The van der Waals surface area contributed by atoms with Crippen LogP contribution in [0, 0.1) is 6.92 Å². The lowest BCUT2D eigenvalue weighted by Gasteiger charge is -2.36. The smallest absolute Gasteiger partial charge is 0.220 e. The Morgan fingerprint density at radius 1 is 0.969 bits per heavy atom. The second-order valence-electron chi connectivity index (χ2n) is 8.38. The molecule has 1 amide bonds. The zero-order valence-corrected chi connectivity index (χ0v) is 19.3. The highest BCUT2D eigenvalue weighted by molar-refractivity contribution is 5.96. The molecule has 0 spiro atoms. The molecule has 1 aliphatic rings. The van der Waals surface area contributed by atoms with Gasteiger partial charge in [0.25, 0.3) is 0 Å². The summed E-state index contributed by atoms with van der Waals surface area (Å²) in [5, 5.41) is 2.99. The van der Waals surface area contributed by atoms with Crippen LogP contribution in [0.5, 0.6) is 5.75 Å². The van der Waals surface area contributed by atoms with Crippen LogP contribution < -0.4 is 15.0 Å². The van der Waals surface area contributed by atoms with E-state index in [4.69, 9.17) is 4.74 Å². The molecule has 0 radical (unpaired) electrons. The minimum Gasteiger partial charge on any atom is -0.497 e. The molecule has 0 unspecified atom stereocenters. The van der Waals surface area contributed by atoms with Gasteiger partial charge in [-0.15, -0.1) is 0 Å². The van der Waals surface area contributed by atoms with Crippen LogP contribution in [0.2, 0.25) is 0 Å². The molecule has 172 valence electrons. The Hall–Kier alpha value is -2.86. The van der Waals surface area contributed by atoms with Crippen molar-refractivity contribution in [3.8, 4) is 5.75 Å². The van der Waals surface area contributed by atoms with Crippen molar-refractivity contribution in [1.82, 2.24) is 10.2 Å². The molecule has 0 saturated carbocycles. The maximum Gasteiger partial charge on any atom is 0.220 e. The molecule has 6 heteroatoms. The number of carbonyl (C=O) groups excluding carboxylic acids is 2. The van der Waals surface area contributed by atoms with Crippen molar-refractivity contribution in [3.05, 3.63) is 59.7 Å². The molecule has 0 aromatic heterocycles. The summed E-state index contributed by atoms with van der Waals surface area (Å²) in [6.45, 7) is 7.99. The maximum absolute atomic E-state index is 12.2. The first-order valence-electron chi connectivity index (χ1n) is 11.5. The predicted octanol–water partition coefficient (Wildman–Crippen LogP) is 3.69. The van der Waals surface area contributed by atoms with E-state index in [1.54, 1.807) is 31.4 Å². The van der Waals surface area contributed by atoms with Gasteiger partial charge in [-0.3, -0.25) is 14.5 Å². The number of amides is 1. The van der Waals surface area contributed by atoms with Gasteiger partial charge in [-0.25, -0.2) is 0 Å². The normalized spacial score (nSPS) is 14.2. The number of ether oxygens (including phenoxy) is 1. The lowest BCUT2D eigenvalue weighted by atomic mass is 10.1. The van der Waals surface area contributed by atoms with Gasteiger partial charge in [0.05, 0.1) is 7.11 Å². The Bertz CT molecular complexity index is 874. The highest BCUT2D eigenvalue weighted by atomic mass is 16.5. The number of piperazine rings is 1. The first kappa shape index (κ1) is 23.8. The zero-order chi connectivity index (χ0) is 22.8. The monoisotopic (exact) mass is 437 g/mol. The summed E-state index contributed by atoms with van der Waals surface area (Å²) in [5.41, 5.74) is 3.27. The number of rotatable bonds is 11. The molecule has 6 nitrogen and oxygen atoms in total. The number of benzene rings is 2. The van der Waals surface area contributed by atoms with Crippen LogP contribution in [0.15, 0.2) is 48.5 Å². The molecule has 0 atom stereocenters. The summed E-state index contributed by atoms with van der Waals surface area (Å²) in [7, 11) is 1.60. The summed E-state index contributed by atoms with van der Waals surface area (Å²) in [5.74, 6) is 0.816. The van der Waals surface area contributed by atoms with E-state index in [9.17, 15) is 9.59 Å². The van der Waals surface area contributed by atoms with E-state index in [1.807, 2.05) is 0 Å². The zero-order valence-electron chi connectivity index (χ0n) is 19.3. The number of aryl methyl sites for hydroxylation is 1. The molecule has 1 aliphatic heterocycles. The van der Waals surface area contributed by atoms with Gasteiger partial charge in [0, 0.05) is 56.8 Å². The van der Waals surface area contributed by atoms with Crippen LogP contribution in [0.25, 0.3) is 0 Å². The quantitative estimate of drug-likeness (QED) is 0.429. The molecule has 1 heterocycles. The van der Waals surface area contributed by atoms with Crippen LogP contribution in [-0.2, 0) is 4.79 Å². The van der Waals surface area contributed by atoms with E-state index in [2.05, 4.69) is 46.3 Å². The van der Waals surface area contributed by atoms with E-state index in [0.29, 0.717) is 31.4 Å². The van der Waals surface area contributed by atoms with Gasteiger partial charge in [0.2, 0.25) is 5.91 Å². The predicted molar refractivity (Wildman–Crippen MR) is 129 cm³/mol. The van der Waals surface area contributed by atoms with E-state index in [0.717, 1.165) is 44.9 Å². The van der Waals surface area contributed by atoms with Crippen molar-refractivity contribution in [2.24, 2.45) is 0 Å². The molecule has 1 fully saturated rings. The van der Waals surface area contributed by atoms with Crippen LogP contribution in [0.3, 0.4) is 0 Å². The largest absolute Gasteiger partial charge is 0.497 e. The molecule has 0 bridgehead atoms. The van der Waals surface area contributed by atoms with Gasteiger partial charge in [0.1, 0.15) is 5.75 Å². The third-order valence-electron chi connectivity index (χ3n) is 5.93. The Balaban J connectivity index is 1.24. The number of nitrogens with one attached hydrogen (secondary N) is 1. The molecule has 1 N–H and O–H groups in total. The van der Waals surface area contributed by atoms with Gasteiger partial charge in [-0.05, 0) is 68.3 Å². The molecule has 32 heavy (non-hydrogen) atoms. The number of anilines is 1. The van der Waals surface area contributed by atoms with Crippen LogP contribution in [-0.4, -0.2) is 63.0 Å². The van der Waals surface area contributed by atoms with E-state index in [-0.39, 0.29) is 11.7 Å². The van der Waals surface area contributed by atoms with Crippen LogP contribution in [0.1, 0.15) is 41.6 Å². The summed E-state index contributed by atoms with van der Waals surface area (Å²) in [6.07, 6.45) is 2.28. The molecule has 2 aromatic rings. The summed E-state index contributed by atoms with van der Waals surface area (Å²) in [6, 6.07) is 15.8. The van der Waals surface area contributed by atoms with Crippen molar-refractivity contribution in [3.63, 3.8) is 0 Å². The van der Waals surface area contributed by atoms with Crippen molar-refractivity contribution in [1.29, 1.82) is 0 Å². The first-order chi connectivity index (χ1) is 15.5. The Labute approximate surface area is 191 Å². The molecular weight excluding hydrogens is 402 g/mol. The second-order valence-corrected chi connectivity index (χ2v) is 8.38. The lowest BCUT2D eigenvalue weighted by Crippen LogP contribution is -2.47. The fourth-order valence-electron chi connectivity index (χ4n) is 4.00. The number of hydrogen-bond acceptors (Lipinski definition) is 5. The van der Waals surface area contributed by atoms with Crippen molar-refractivity contribution in [2.75, 3.05) is 51.3 Å². The molecule has 0 aliphatic carbocycles. The van der Waals surface area contributed by atoms with E-state index in [1.165, 1.54) is 11.3 Å². The van der Waals surface area contributed by atoms with Gasteiger partial charge in [-0.2, -0.15) is 0 Å². The molecular formula is C26H35N3O3. The third kappa shape index (κ3) is 7.38. The van der Waals surface area contributed by atoms with Crippen molar-refractivity contribution < 1.29 is 14.3 Å². The van der Waals surface area contributed by atoms with Crippen molar-refractivity contribution >= 4 is 17.4 Å². The van der Waals surface area contributed by atoms with E-state index < -0.39 is 0 Å².